The summed E-state index contributed by atoms with van der Waals surface area (Å²) in [6.07, 6.45) is 3.67. The highest BCUT2D eigenvalue weighted by atomic mass is 35.5. The summed E-state index contributed by atoms with van der Waals surface area (Å²) >= 11 is 6.25. The molecule has 3 heteroatoms. The molecule has 0 saturated heterocycles. The highest BCUT2D eigenvalue weighted by Gasteiger charge is 2.46. The van der Waals surface area contributed by atoms with Crippen LogP contribution in [0.25, 0.3) is 0 Å². The van der Waals surface area contributed by atoms with Crippen molar-refractivity contribution in [2.24, 2.45) is 5.92 Å². The molecule has 0 unspecified atom stereocenters. The number of nitrogens with one attached hydrogen (secondary N) is 1. The zero-order valence-electron chi connectivity index (χ0n) is 13.9. The van der Waals surface area contributed by atoms with E-state index >= 15 is 0 Å². The second-order valence-corrected chi connectivity index (χ2v) is 7.85. The Hall–Kier alpha value is -0.730. The average Bonchev–Trinajstić information content (AvgIpc) is 2.37. The Balaban J connectivity index is 2.30. The standard InChI is InChI=1S/C18H28ClNO/c1-6-13-10-18(11-13,12-20-17(2,3)4)15-9-14(19)7-8-16(15)21-5/h7-9,13,20H,6,10-12H2,1-5H3. The minimum atomic E-state index is 0.121. The molecule has 118 valence electrons. The number of ether oxygens (including phenoxy) is 1. The van der Waals surface area contributed by atoms with E-state index in [1.54, 1.807) is 7.11 Å². The Morgan fingerprint density at radius 3 is 2.52 bits per heavy atom. The number of hydrogen-bond donors (Lipinski definition) is 1. The summed E-state index contributed by atoms with van der Waals surface area (Å²) in [6, 6.07) is 6.00. The Labute approximate surface area is 134 Å². The predicted octanol–water partition coefficient (Wildman–Crippen LogP) is 4.79. The fraction of sp³-hybridized carbons (Fsp3) is 0.667. The summed E-state index contributed by atoms with van der Waals surface area (Å²) in [7, 11) is 1.74. The van der Waals surface area contributed by atoms with Crippen LogP contribution in [-0.2, 0) is 5.41 Å². The molecule has 1 fully saturated rings. The molecule has 1 aromatic carbocycles. The van der Waals surface area contributed by atoms with Crippen LogP contribution in [0.3, 0.4) is 0 Å². The SMILES string of the molecule is CCC1CC(CNC(C)(C)C)(c2cc(Cl)ccc2OC)C1. The molecule has 0 aliphatic heterocycles. The number of halogens is 1. The van der Waals surface area contributed by atoms with Gasteiger partial charge in [0.1, 0.15) is 5.75 Å². The molecular formula is C18H28ClNO. The molecule has 21 heavy (non-hydrogen) atoms. The fourth-order valence-electron chi connectivity index (χ4n) is 3.32. The van der Waals surface area contributed by atoms with Gasteiger partial charge in [0, 0.05) is 28.1 Å². The van der Waals surface area contributed by atoms with E-state index in [0.717, 1.165) is 23.2 Å². The monoisotopic (exact) mass is 309 g/mol. The normalized spacial score (nSPS) is 25.5. The number of hydrogen-bond acceptors (Lipinski definition) is 2. The van der Waals surface area contributed by atoms with E-state index in [1.807, 2.05) is 12.1 Å². The number of benzene rings is 1. The lowest BCUT2D eigenvalue weighted by atomic mass is 9.57. The first-order chi connectivity index (χ1) is 9.79. The summed E-state index contributed by atoms with van der Waals surface area (Å²) in [4.78, 5) is 0. The number of methoxy groups -OCH3 is 1. The highest BCUT2D eigenvalue weighted by Crippen LogP contribution is 2.52. The topological polar surface area (TPSA) is 21.3 Å². The average molecular weight is 310 g/mol. The summed E-state index contributed by atoms with van der Waals surface area (Å²) in [6.45, 7) is 9.90. The molecule has 1 aromatic rings. The first-order valence-electron chi connectivity index (χ1n) is 7.89. The molecule has 1 saturated carbocycles. The van der Waals surface area contributed by atoms with Crippen LogP contribution in [-0.4, -0.2) is 19.2 Å². The largest absolute Gasteiger partial charge is 0.496 e. The van der Waals surface area contributed by atoms with Crippen molar-refractivity contribution in [2.45, 2.75) is 57.9 Å². The molecule has 1 aliphatic rings. The third kappa shape index (κ3) is 3.73. The first-order valence-corrected chi connectivity index (χ1v) is 8.26. The van der Waals surface area contributed by atoms with E-state index in [4.69, 9.17) is 16.3 Å². The van der Waals surface area contributed by atoms with Crippen molar-refractivity contribution < 1.29 is 4.74 Å². The molecule has 0 heterocycles. The van der Waals surface area contributed by atoms with Gasteiger partial charge in [-0.3, -0.25) is 0 Å². The second-order valence-electron chi connectivity index (χ2n) is 7.41. The third-order valence-corrected chi connectivity index (χ3v) is 4.86. The van der Waals surface area contributed by atoms with Gasteiger partial charge in [-0.2, -0.15) is 0 Å². The molecule has 1 aliphatic carbocycles. The molecule has 0 bridgehead atoms. The van der Waals surface area contributed by atoms with Crippen molar-refractivity contribution in [3.63, 3.8) is 0 Å². The Morgan fingerprint density at radius 2 is 2.00 bits per heavy atom. The zero-order valence-corrected chi connectivity index (χ0v) is 14.7. The van der Waals surface area contributed by atoms with E-state index in [2.05, 4.69) is 39.1 Å². The minimum absolute atomic E-state index is 0.121. The van der Waals surface area contributed by atoms with E-state index in [1.165, 1.54) is 24.8 Å². The lowest BCUT2D eigenvalue weighted by Gasteiger charge is -2.50. The van der Waals surface area contributed by atoms with Gasteiger partial charge < -0.3 is 10.1 Å². The third-order valence-electron chi connectivity index (χ3n) is 4.63. The van der Waals surface area contributed by atoms with E-state index in [-0.39, 0.29) is 11.0 Å². The maximum absolute atomic E-state index is 6.25. The molecule has 0 amide bonds. The molecule has 0 aromatic heterocycles. The molecule has 0 atom stereocenters. The quantitative estimate of drug-likeness (QED) is 0.844. The Kier molecular flexibility index (Phi) is 4.89. The van der Waals surface area contributed by atoms with Gasteiger partial charge >= 0.3 is 0 Å². The summed E-state index contributed by atoms with van der Waals surface area (Å²) < 4.78 is 5.60. The molecular weight excluding hydrogens is 282 g/mol. The van der Waals surface area contributed by atoms with Crippen LogP contribution in [0.15, 0.2) is 18.2 Å². The van der Waals surface area contributed by atoms with E-state index in [9.17, 15) is 0 Å². The second kappa shape index (κ2) is 6.18. The highest BCUT2D eigenvalue weighted by molar-refractivity contribution is 6.30. The van der Waals surface area contributed by atoms with Crippen LogP contribution in [0.1, 0.15) is 52.5 Å². The van der Waals surface area contributed by atoms with Gasteiger partial charge in [-0.15, -0.1) is 0 Å². The van der Waals surface area contributed by atoms with Crippen molar-refractivity contribution in [3.8, 4) is 5.75 Å². The summed E-state index contributed by atoms with van der Waals surface area (Å²) in [5, 5.41) is 4.47. The fourth-order valence-corrected chi connectivity index (χ4v) is 3.49. The van der Waals surface area contributed by atoms with Gasteiger partial charge in [-0.25, -0.2) is 0 Å². The maximum Gasteiger partial charge on any atom is 0.122 e. The smallest absolute Gasteiger partial charge is 0.122 e. The summed E-state index contributed by atoms with van der Waals surface area (Å²) in [5.41, 5.74) is 1.54. The van der Waals surface area contributed by atoms with Crippen LogP contribution < -0.4 is 10.1 Å². The molecule has 2 rings (SSSR count). The zero-order chi connectivity index (χ0) is 15.7. The van der Waals surface area contributed by atoms with Crippen molar-refractivity contribution in [2.75, 3.05) is 13.7 Å². The Morgan fingerprint density at radius 1 is 1.33 bits per heavy atom. The van der Waals surface area contributed by atoms with Gasteiger partial charge in [-0.1, -0.05) is 24.9 Å². The first kappa shape index (κ1) is 16.6. The maximum atomic E-state index is 6.25. The van der Waals surface area contributed by atoms with Crippen LogP contribution in [0.2, 0.25) is 5.02 Å². The molecule has 2 nitrogen and oxygen atoms in total. The van der Waals surface area contributed by atoms with E-state index in [0.29, 0.717) is 0 Å². The van der Waals surface area contributed by atoms with E-state index < -0.39 is 0 Å². The van der Waals surface area contributed by atoms with Crippen LogP contribution in [0.5, 0.6) is 5.75 Å². The molecule has 0 spiro atoms. The van der Waals surface area contributed by atoms with Gasteiger partial charge in [0.2, 0.25) is 0 Å². The predicted molar refractivity (Wildman–Crippen MR) is 90.5 cm³/mol. The molecule has 0 radical (unpaired) electrons. The van der Waals surface area contributed by atoms with Crippen molar-refractivity contribution >= 4 is 11.6 Å². The van der Waals surface area contributed by atoms with Crippen molar-refractivity contribution in [3.05, 3.63) is 28.8 Å². The van der Waals surface area contributed by atoms with Crippen molar-refractivity contribution in [1.82, 2.24) is 5.32 Å². The Bertz CT molecular complexity index is 486. The van der Waals surface area contributed by atoms with Crippen LogP contribution in [0, 0.1) is 5.92 Å². The van der Waals surface area contributed by atoms with Gasteiger partial charge in [0.25, 0.3) is 0 Å². The van der Waals surface area contributed by atoms with Gasteiger partial charge in [-0.05, 0) is 57.7 Å². The van der Waals surface area contributed by atoms with Gasteiger partial charge in [0.15, 0.2) is 0 Å². The van der Waals surface area contributed by atoms with Crippen LogP contribution in [0.4, 0.5) is 0 Å². The van der Waals surface area contributed by atoms with Crippen molar-refractivity contribution in [1.29, 1.82) is 0 Å². The number of rotatable bonds is 5. The van der Waals surface area contributed by atoms with Gasteiger partial charge in [0.05, 0.1) is 7.11 Å². The summed E-state index contributed by atoms with van der Waals surface area (Å²) in [5.74, 6) is 1.78. The lowest BCUT2D eigenvalue weighted by Crippen LogP contribution is -2.52. The molecule has 1 N–H and O–H groups in total. The lowest BCUT2D eigenvalue weighted by molar-refractivity contribution is 0.121. The van der Waals surface area contributed by atoms with Crippen LogP contribution >= 0.6 is 11.6 Å². The minimum Gasteiger partial charge on any atom is -0.496 e.